The van der Waals surface area contributed by atoms with Crippen molar-refractivity contribution < 1.29 is 27.8 Å². The molecular weight excluding hydrogens is 422 g/mol. The van der Waals surface area contributed by atoms with Crippen LogP contribution in [-0.4, -0.2) is 40.3 Å². The van der Waals surface area contributed by atoms with E-state index in [0.717, 1.165) is 6.26 Å². The van der Waals surface area contributed by atoms with Crippen molar-refractivity contribution in [3.05, 3.63) is 66.4 Å². The number of hydrogen-bond acceptors (Lipinski definition) is 6. The molecule has 10 heteroatoms. The molecule has 0 saturated carbocycles. The van der Waals surface area contributed by atoms with Crippen molar-refractivity contribution in [1.82, 2.24) is 14.5 Å². The Morgan fingerprint density at radius 2 is 1.90 bits per heavy atom. The summed E-state index contributed by atoms with van der Waals surface area (Å²) in [4.78, 5) is 18.6. The van der Waals surface area contributed by atoms with Crippen LogP contribution in [0.4, 0.5) is 0 Å². The Bertz CT molecular complexity index is 1370. The van der Waals surface area contributed by atoms with Gasteiger partial charge in [-0.15, -0.1) is 0 Å². The Morgan fingerprint density at radius 1 is 1.16 bits per heavy atom. The average molecular weight is 441 g/mol. The van der Waals surface area contributed by atoms with E-state index in [2.05, 4.69) is 9.97 Å². The summed E-state index contributed by atoms with van der Waals surface area (Å²) in [6.45, 7) is 0.173. The minimum Gasteiger partial charge on any atom is -0.483 e. The molecule has 2 heterocycles. The van der Waals surface area contributed by atoms with Crippen LogP contribution >= 0.6 is 0 Å². The summed E-state index contributed by atoms with van der Waals surface area (Å²) in [5.41, 5.74) is 0.540. The fourth-order valence-electron chi connectivity index (χ4n) is 3.04. The summed E-state index contributed by atoms with van der Waals surface area (Å²) in [7, 11) is -1.46. The van der Waals surface area contributed by atoms with Gasteiger partial charge in [0.25, 0.3) is 0 Å². The fraction of sp³-hybridized carbons (Fsp3) is 0.143. The van der Waals surface area contributed by atoms with Crippen molar-refractivity contribution in [2.24, 2.45) is 7.05 Å². The van der Waals surface area contributed by atoms with Crippen LogP contribution in [0, 0.1) is 0 Å². The number of carboxylic acid groups (broad SMARTS) is 1. The summed E-state index contributed by atoms with van der Waals surface area (Å²) >= 11 is 0. The SMILES string of the molecule is Cn1ccnc1COc1cc(Oc2ccc(S(C)(=O)=O)cc2)cc2cc(C(=O)O)[nH]c12. The largest absolute Gasteiger partial charge is 0.483 e. The second kappa shape index (κ2) is 7.80. The van der Waals surface area contributed by atoms with Crippen LogP contribution in [0.15, 0.2) is 59.8 Å². The number of H-pyrrole nitrogens is 1. The van der Waals surface area contributed by atoms with E-state index >= 15 is 0 Å². The van der Waals surface area contributed by atoms with Crippen LogP contribution in [0.1, 0.15) is 16.3 Å². The molecule has 0 unspecified atom stereocenters. The van der Waals surface area contributed by atoms with Gasteiger partial charge in [0, 0.05) is 37.1 Å². The maximum Gasteiger partial charge on any atom is 0.352 e. The molecule has 4 aromatic rings. The normalized spacial score (nSPS) is 11.5. The van der Waals surface area contributed by atoms with Gasteiger partial charge in [-0.3, -0.25) is 0 Å². The number of carboxylic acids is 1. The molecule has 0 aliphatic carbocycles. The third-order valence-corrected chi connectivity index (χ3v) is 5.79. The minimum absolute atomic E-state index is 0.0199. The molecule has 0 aliphatic rings. The van der Waals surface area contributed by atoms with Crippen molar-refractivity contribution in [2.75, 3.05) is 6.26 Å². The molecule has 0 spiro atoms. The molecule has 0 fully saturated rings. The first-order valence-electron chi connectivity index (χ1n) is 9.18. The molecule has 0 atom stereocenters. The van der Waals surface area contributed by atoms with Crippen LogP contribution in [-0.2, 0) is 23.5 Å². The fourth-order valence-corrected chi connectivity index (χ4v) is 3.67. The summed E-state index contributed by atoms with van der Waals surface area (Å²) in [5, 5.41) is 9.92. The number of carbonyl (C=O) groups is 1. The molecule has 2 N–H and O–H groups in total. The Hall–Kier alpha value is -3.79. The smallest absolute Gasteiger partial charge is 0.352 e. The number of benzene rings is 2. The number of sulfone groups is 1. The molecule has 0 bridgehead atoms. The highest BCUT2D eigenvalue weighted by molar-refractivity contribution is 7.90. The van der Waals surface area contributed by atoms with E-state index in [1.165, 1.54) is 18.2 Å². The van der Waals surface area contributed by atoms with Gasteiger partial charge in [0.15, 0.2) is 9.84 Å². The van der Waals surface area contributed by atoms with Gasteiger partial charge in [0.1, 0.15) is 35.4 Å². The molecular formula is C21H19N3O6S. The third kappa shape index (κ3) is 4.38. The lowest BCUT2D eigenvalue weighted by atomic mass is 10.2. The monoisotopic (exact) mass is 441 g/mol. The summed E-state index contributed by atoms with van der Waals surface area (Å²) < 4.78 is 36.9. The number of nitrogens with one attached hydrogen (secondary N) is 1. The molecule has 0 saturated heterocycles. The van der Waals surface area contributed by atoms with Crippen molar-refractivity contribution in [1.29, 1.82) is 0 Å². The zero-order valence-corrected chi connectivity index (χ0v) is 17.5. The van der Waals surface area contributed by atoms with Crippen molar-refractivity contribution in [2.45, 2.75) is 11.5 Å². The molecule has 2 aromatic heterocycles. The predicted octanol–water partition coefficient (Wildman–Crippen LogP) is 3.37. The van der Waals surface area contributed by atoms with Gasteiger partial charge >= 0.3 is 5.97 Å². The van der Waals surface area contributed by atoms with Crippen LogP contribution in [0.2, 0.25) is 0 Å². The Balaban J connectivity index is 1.68. The molecule has 9 nitrogen and oxygen atoms in total. The topological polar surface area (TPSA) is 124 Å². The highest BCUT2D eigenvalue weighted by Gasteiger charge is 2.15. The number of aromatic amines is 1. The Kier molecular flexibility index (Phi) is 5.15. The zero-order chi connectivity index (χ0) is 22.2. The summed E-state index contributed by atoms with van der Waals surface area (Å²) in [6.07, 6.45) is 4.59. The van der Waals surface area contributed by atoms with Crippen LogP contribution < -0.4 is 9.47 Å². The highest BCUT2D eigenvalue weighted by Crippen LogP contribution is 2.34. The number of imidazole rings is 1. The van der Waals surface area contributed by atoms with E-state index < -0.39 is 15.8 Å². The predicted molar refractivity (Wildman–Crippen MR) is 112 cm³/mol. The van der Waals surface area contributed by atoms with E-state index in [4.69, 9.17) is 9.47 Å². The molecule has 2 aromatic carbocycles. The standard InChI is InChI=1S/C21H19N3O6S/c1-24-8-7-22-19(24)12-29-18-11-15(9-13-10-17(21(25)26)23-20(13)18)30-14-3-5-16(6-4-14)31(2,27)28/h3-11,23H,12H2,1-2H3,(H,25,26). The van der Waals surface area contributed by atoms with Crippen LogP contribution in [0.3, 0.4) is 0 Å². The molecule has 31 heavy (non-hydrogen) atoms. The maximum absolute atomic E-state index is 11.6. The third-order valence-electron chi connectivity index (χ3n) is 4.66. The lowest BCUT2D eigenvalue weighted by Gasteiger charge is -2.11. The number of aromatic nitrogens is 3. The van der Waals surface area contributed by atoms with Crippen LogP contribution in [0.5, 0.6) is 17.2 Å². The minimum atomic E-state index is -3.31. The summed E-state index contributed by atoms with van der Waals surface area (Å²) in [5.74, 6) is 0.836. The van der Waals surface area contributed by atoms with E-state index in [0.29, 0.717) is 34.0 Å². The number of aromatic carboxylic acids is 1. The van der Waals surface area contributed by atoms with E-state index in [9.17, 15) is 18.3 Å². The molecule has 160 valence electrons. The van der Waals surface area contributed by atoms with Crippen LogP contribution in [0.25, 0.3) is 10.9 Å². The van der Waals surface area contributed by atoms with E-state index in [-0.39, 0.29) is 17.2 Å². The van der Waals surface area contributed by atoms with Crippen molar-refractivity contribution in [3.8, 4) is 17.2 Å². The molecule has 4 rings (SSSR count). The van der Waals surface area contributed by atoms with E-state index in [1.54, 1.807) is 36.7 Å². The highest BCUT2D eigenvalue weighted by atomic mass is 32.2. The number of nitrogens with zero attached hydrogens (tertiary/aromatic N) is 2. The number of rotatable bonds is 7. The Morgan fingerprint density at radius 3 is 2.52 bits per heavy atom. The molecule has 0 aliphatic heterocycles. The summed E-state index contributed by atoms with van der Waals surface area (Å²) in [6, 6.07) is 10.8. The average Bonchev–Trinajstić information content (AvgIpc) is 3.32. The van der Waals surface area contributed by atoms with E-state index in [1.807, 2.05) is 11.6 Å². The van der Waals surface area contributed by atoms with Gasteiger partial charge in [0.05, 0.1) is 10.4 Å². The second-order valence-corrected chi connectivity index (χ2v) is 8.98. The van der Waals surface area contributed by atoms with Gasteiger partial charge in [0.2, 0.25) is 0 Å². The van der Waals surface area contributed by atoms with Gasteiger partial charge < -0.3 is 24.1 Å². The van der Waals surface area contributed by atoms with Crippen molar-refractivity contribution >= 4 is 26.7 Å². The number of ether oxygens (including phenoxy) is 2. The lowest BCUT2D eigenvalue weighted by molar-refractivity contribution is 0.0691. The lowest BCUT2D eigenvalue weighted by Crippen LogP contribution is -2.03. The van der Waals surface area contributed by atoms with Gasteiger partial charge in [-0.2, -0.15) is 0 Å². The zero-order valence-electron chi connectivity index (χ0n) is 16.7. The first-order valence-corrected chi connectivity index (χ1v) is 11.1. The number of fused-ring (bicyclic) bond motifs is 1. The number of hydrogen-bond donors (Lipinski definition) is 2. The maximum atomic E-state index is 11.6. The first-order chi connectivity index (χ1) is 14.7. The quantitative estimate of drug-likeness (QED) is 0.451. The number of aryl methyl sites for hydroxylation is 1. The van der Waals surface area contributed by atoms with Crippen molar-refractivity contribution in [3.63, 3.8) is 0 Å². The molecule has 0 radical (unpaired) electrons. The van der Waals surface area contributed by atoms with Gasteiger partial charge in [-0.05, 0) is 36.4 Å². The second-order valence-electron chi connectivity index (χ2n) is 6.96. The van der Waals surface area contributed by atoms with Gasteiger partial charge in [-0.25, -0.2) is 18.2 Å². The molecule has 0 amide bonds. The first kappa shape index (κ1) is 20.5. The Labute approximate surface area is 177 Å². The van der Waals surface area contributed by atoms with Gasteiger partial charge in [-0.1, -0.05) is 0 Å².